The Hall–Kier alpha value is -0.830. The monoisotopic (exact) mass is 223 g/mol. The van der Waals surface area contributed by atoms with Crippen molar-refractivity contribution in [1.29, 1.82) is 0 Å². The van der Waals surface area contributed by atoms with Gasteiger partial charge in [0.25, 0.3) is 0 Å². The topological polar surface area (TPSA) is 29.9 Å². The molecule has 0 saturated carbocycles. The molecule has 0 fully saturated rings. The van der Waals surface area contributed by atoms with Gasteiger partial charge in [0, 0.05) is 24.8 Å². The standard InChI is InChI=1S/C13H25N3/c1-5-7-11(3)9-16-10-13(8-14-6-2)12(4)15-16/h10-11,14H,5-9H2,1-4H3. The SMILES string of the molecule is CCCC(C)Cn1cc(CNCC)c(C)n1. The molecule has 0 aliphatic rings. The fourth-order valence-electron chi connectivity index (χ4n) is 1.99. The highest BCUT2D eigenvalue weighted by Crippen LogP contribution is 2.11. The van der Waals surface area contributed by atoms with Gasteiger partial charge < -0.3 is 5.32 Å². The Labute approximate surface area is 99.2 Å². The van der Waals surface area contributed by atoms with Gasteiger partial charge in [-0.15, -0.1) is 0 Å². The van der Waals surface area contributed by atoms with Crippen LogP contribution in [-0.2, 0) is 13.1 Å². The summed E-state index contributed by atoms with van der Waals surface area (Å²) in [6.07, 6.45) is 4.72. The Morgan fingerprint density at radius 1 is 1.44 bits per heavy atom. The molecule has 1 heterocycles. The van der Waals surface area contributed by atoms with Crippen molar-refractivity contribution in [2.24, 2.45) is 5.92 Å². The van der Waals surface area contributed by atoms with E-state index in [9.17, 15) is 0 Å². The lowest BCUT2D eigenvalue weighted by atomic mass is 10.1. The molecule has 1 aromatic heterocycles. The molecular weight excluding hydrogens is 198 g/mol. The molecule has 0 aromatic carbocycles. The van der Waals surface area contributed by atoms with Gasteiger partial charge in [0.15, 0.2) is 0 Å². The first-order valence-corrected chi connectivity index (χ1v) is 6.41. The van der Waals surface area contributed by atoms with E-state index in [4.69, 9.17) is 0 Å². The molecule has 1 unspecified atom stereocenters. The summed E-state index contributed by atoms with van der Waals surface area (Å²) in [6.45, 7) is 11.7. The zero-order chi connectivity index (χ0) is 12.0. The molecule has 0 saturated heterocycles. The third-order valence-corrected chi connectivity index (χ3v) is 2.89. The predicted octanol–water partition coefficient (Wildman–Crippen LogP) is 2.74. The third-order valence-electron chi connectivity index (χ3n) is 2.89. The lowest BCUT2D eigenvalue weighted by molar-refractivity contribution is 0.419. The van der Waals surface area contributed by atoms with E-state index in [-0.39, 0.29) is 0 Å². The maximum absolute atomic E-state index is 4.56. The third kappa shape index (κ3) is 3.97. The highest BCUT2D eigenvalue weighted by atomic mass is 15.3. The van der Waals surface area contributed by atoms with Crippen LogP contribution in [0.25, 0.3) is 0 Å². The van der Waals surface area contributed by atoms with Gasteiger partial charge in [0.2, 0.25) is 0 Å². The van der Waals surface area contributed by atoms with Gasteiger partial charge in [-0.05, 0) is 25.8 Å². The summed E-state index contributed by atoms with van der Waals surface area (Å²) in [6, 6.07) is 0. The molecule has 0 radical (unpaired) electrons. The van der Waals surface area contributed by atoms with Crippen molar-refractivity contribution < 1.29 is 0 Å². The molecule has 0 bridgehead atoms. The van der Waals surface area contributed by atoms with Crippen LogP contribution >= 0.6 is 0 Å². The zero-order valence-electron chi connectivity index (χ0n) is 11.1. The number of aromatic nitrogens is 2. The van der Waals surface area contributed by atoms with E-state index in [0.717, 1.165) is 31.2 Å². The number of hydrogen-bond acceptors (Lipinski definition) is 2. The Morgan fingerprint density at radius 3 is 2.81 bits per heavy atom. The normalized spacial score (nSPS) is 13.0. The summed E-state index contributed by atoms with van der Waals surface area (Å²) in [5.41, 5.74) is 2.48. The Balaban J connectivity index is 2.54. The zero-order valence-corrected chi connectivity index (χ0v) is 11.1. The quantitative estimate of drug-likeness (QED) is 0.770. The molecule has 1 aromatic rings. The van der Waals surface area contributed by atoms with Crippen molar-refractivity contribution in [3.63, 3.8) is 0 Å². The van der Waals surface area contributed by atoms with Crippen LogP contribution < -0.4 is 5.32 Å². The summed E-state index contributed by atoms with van der Waals surface area (Å²) in [5.74, 6) is 0.719. The lowest BCUT2D eigenvalue weighted by Crippen LogP contribution is -2.12. The lowest BCUT2D eigenvalue weighted by Gasteiger charge is -2.09. The smallest absolute Gasteiger partial charge is 0.0638 e. The minimum atomic E-state index is 0.719. The molecule has 0 spiro atoms. The van der Waals surface area contributed by atoms with Gasteiger partial charge in [0.1, 0.15) is 0 Å². The van der Waals surface area contributed by atoms with Crippen LogP contribution in [0.1, 0.15) is 44.9 Å². The average molecular weight is 223 g/mol. The van der Waals surface area contributed by atoms with Crippen LogP contribution in [0.15, 0.2) is 6.20 Å². The van der Waals surface area contributed by atoms with E-state index < -0.39 is 0 Å². The Morgan fingerprint density at radius 2 is 2.19 bits per heavy atom. The molecule has 1 rings (SSSR count). The van der Waals surface area contributed by atoms with Gasteiger partial charge in [0.05, 0.1) is 5.69 Å². The van der Waals surface area contributed by atoms with Gasteiger partial charge in [-0.1, -0.05) is 27.2 Å². The number of nitrogens with zero attached hydrogens (tertiary/aromatic N) is 2. The molecule has 1 atom stereocenters. The van der Waals surface area contributed by atoms with Crippen molar-refractivity contribution in [3.8, 4) is 0 Å². The van der Waals surface area contributed by atoms with E-state index >= 15 is 0 Å². The van der Waals surface area contributed by atoms with E-state index in [2.05, 4.69) is 49.0 Å². The Kier molecular flexibility index (Phi) is 5.53. The number of hydrogen-bond donors (Lipinski definition) is 1. The highest BCUT2D eigenvalue weighted by molar-refractivity contribution is 5.14. The first-order chi connectivity index (χ1) is 7.67. The number of rotatable bonds is 7. The van der Waals surface area contributed by atoms with Crippen molar-refractivity contribution in [1.82, 2.24) is 15.1 Å². The van der Waals surface area contributed by atoms with Crippen LogP contribution in [0.3, 0.4) is 0 Å². The molecule has 3 heteroatoms. The van der Waals surface area contributed by atoms with Gasteiger partial charge in [-0.2, -0.15) is 5.10 Å². The van der Waals surface area contributed by atoms with Crippen LogP contribution in [-0.4, -0.2) is 16.3 Å². The summed E-state index contributed by atoms with van der Waals surface area (Å²) >= 11 is 0. The minimum absolute atomic E-state index is 0.719. The van der Waals surface area contributed by atoms with Gasteiger partial charge in [-0.25, -0.2) is 0 Å². The minimum Gasteiger partial charge on any atom is -0.313 e. The van der Waals surface area contributed by atoms with Crippen LogP contribution in [0.2, 0.25) is 0 Å². The van der Waals surface area contributed by atoms with Gasteiger partial charge >= 0.3 is 0 Å². The van der Waals surface area contributed by atoms with E-state index in [1.54, 1.807) is 0 Å². The van der Waals surface area contributed by atoms with Crippen molar-refractivity contribution in [3.05, 3.63) is 17.5 Å². The fourth-order valence-corrected chi connectivity index (χ4v) is 1.99. The second-order valence-electron chi connectivity index (χ2n) is 4.64. The molecule has 0 amide bonds. The maximum Gasteiger partial charge on any atom is 0.0638 e. The summed E-state index contributed by atoms with van der Waals surface area (Å²) < 4.78 is 2.10. The Bertz CT molecular complexity index is 304. The van der Waals surface area contributed by atoms with E-state index in [1.165, 1.54) is 18.4 Å². The molecule has 1 N–H and O–H groups in total. The summed E-state index contributed by atoms with van der Waals surface area (Å²) in [4.78, 5) is 0. The second kappa shape index (κ2) is 6.69. The van der Waals surface area contributed by atoms with Crippen molar-refractivity contribution >= 4 is 0 Å². The fraction of sp³-hybridized carbons (Fsp3) is 0.769. The van der Waals surface area contributed by atoms with Crippen LogP contribution in [0, 0.1) is 12.8 Å². The van der Waals surface area contributed by atoms with Crippen molar-refractivity contribution in [2.45, 2.75) is 53.6 Å². The van der Waals surface area contributed by atoms with Gasteiger partial charge in [-0.3, -0.25) is 4.68 Å². The maximum atomic E-state index is 4.56. The van der Waals surface area contributed by atoms with E-state index in [1.807, 2.05) is 0 Å². The van der Waals surface area contributed by atoms with Crippen molar-refractivity contribution in [2.75, 3.05) is 6.54 Å². The molecule has 16 heavy (non-hydrogen) atoms. The second-order valence-corrected chi connectivity index (χ2v) is 4.64. The molecule has 3 nitrogen and oxygen atoms in total. The molecule has 92 valence electrons. The average Bonchev–Trinajstić information content (AvgIpc) is 2.56. The van der Waals surface area contributed by atoms with E-state index in [0.29, 0.717) is 0 Å². The first-order valence-electron chi connectivity index (χ1n) is 6.41. The number of nitrogens with one attached hydrogen (secondary N) is 1. The number of aryl methyl sites for hydroxylation is 1. The van der Waals surface area contributed by atoms with Crippen LogP contribution in [0.4, 0.5) is 0 Å². The summed E-state index contributed by atoms with van der Waals surface area (Å²) in [7, 11) is 0. The predicted molar refractivity (Wildman–Crippen MR) is 68.4 cm³/mol. The molecule has 0 aliphatic carbocycles. The molecular formula is C13H25N3. The highest BCUT2D eigenvalue weighted by Gasteiger charge is 2.07. The first kappa shape index (κ1) is 13.2. The largest absolute Gasteiger partial charge is 0.313 e. The summed E-state index contributed by atoms with van der Waals surface area (Å²) in [5, 5.41) is 7.91. The van der Waals surface area contributed by atoms with Crippen LogP contribution in [0.5, 0.6) is 0 Å². The molecule has 0 aliphatic heterocycles.